The molecule has 0 fully saturated rings. The first-order valence-electron chi connectivity index (χ1n) is 5.74. The number of Topliss-reactive ketones (excluding diaryl/α,β-unsaturated/α-hetero) is 1. The third-order valence-electron chi connectivity index (χ3n) is 3.21. The SMILES string of the molecule is COc1cc(O)c2c(c1)C(=O)C(C(C)C(=O)O)OC2. The van der Waals surface area contributed by atoms with Gasteiger partial charge in [-0.3, -0.25) is 9.59 Å². The first kappa shape index (κ1) is 13.4. The molecule has 2 unspecified atom stereocenters. The fourth-order valence-electron chi connectivity index (χ4n) is 2.02. The molecule has 1 aliphatic heterocycles. The molecule has 0 saturated carbocycles. The van der Waals surface area contributed by atoms with Crippen molar-refractivity contribution in [3.05, 3.63) is 23.3 Å². The third kappa shape index (κ3) is 2.26. The minimum Gasteiger partial charge on any atom is -0.507 e. The summed E-state index contributed by atoms with van der Waals surface area (Å²) in [6.45, 7) is 1.41. The monoisotopic (exact) mass is 266 g/mol. The number of hydrogen-bond donors (Lipinski definition) is 2. The van der Waals surface area contributed by atoms with E-state index in [0.29, 0.717) is 11.3 Å². The maximum absolute atomic E-state index is 12.2. The molecule has 6 heteroatoms. The highest BCUT2D eigenvalue weighted by atomic mass is 16.5. The summed E-state index contributed by atoms with van der Waals surface area (Å²) >= 11 is 0. The van der Waals surface area contributed by atoms with Gasteiger partial charge in [0.25, 0.3) is 0 Å². The van der Waals surface area contributed by atoms with Crippen LogP contribution in [0.3, 0.4) is 0 Å². The van der Waals surface area contributed by atoms with Crippen LogP contribution in [0, 0.1) is 5.92 Å². The van der Waals surface area contributed by atoms with Crippen LogP contribution in [0.4, 0.5) is 0 Å². The lowest BCUT2D eigenvalue weighted by Crippen LogP contribution is -2.38. The molecule has 0 spiro atoms. The second kappa shape index (κ2) is 4.89. The van der Waals surface area contributed by atoms with Crippen molar-refractivity contribution in [2.45, 2.75) is 19.6 Å². The lowest BCUT2D eigenvalue weighted by Gasteiger charge is -2.27. The van der Waals surface area contributed by atoms with Gasteiger partial charge in [0.1, 0.15) is 17.6 Å². The lowest BCUT2D eigenvalue weighted by atomic mass is 9.90. The molecule has 102 valence electrons. The average molecular weight is 266 g/mol. The predicted octanol–water partition coefficient (Wildman–Crippen LogP) is 1.20. The minimum absolute atomic E-state index is 0.000806. The van der Waals surface area contributed by atoms with Crippen molar-refractivity contribution >= 4 is 11.8 Å². The minimum atomic E-state index is -1.10. The Morgan fingerprint density at radius 1 is 1.53 bits per heavy atom. The Kier molecular flexibility index (Phi) is 3.44. The van der Waals surface area contributed by atoms with Crippen LogP contribution in [0.1, 0.15) is 22.8 Å². The number of fused-ring (bicyclic) bond motifs is 1. The fourth-order valence-corrected chi connectivity index (χ4v) is 2.02. The standard InChI is InChI=1S/C13H14O6/c1-6(13(16)17)12-11(15)8-3-7(18-2)4-10(14)9(8)5-19-12/h3-4,6,12,14H,5H2,1-2H3,(H,16,17). The Morgan fingerprint density at radius 3 is 2.79 bits per heavy atom. The number of carbonyl (C=O) groups excluding carboxylic acids is 1. The number of ether oxygens (including phenoxy) is 2. The Labute approximate surface area is 109 Å². The number of phenols is 1. The third-order valence-corrected chi connectivity index (χ3v) is 3.21. The Morgan fingerprint density at radius 2 is 2.21 bits per heavy atom. The van der Waals surface area contributed by atoms with Crippen LogP contribution in [0.2, 0.25) is 0 Å². The van der Waals surface area contributed by atoms with Gasteiger partial charge in [-0.05, 0) is 13.0 Å². The molecule has 0 saturated heterocycles. The number of hydrogen-bond acceptors (Lipinski definition) is 5. The van der Waals surface area contributed by atoms with Crippen molar-refractivity contribution in [1.29, 1.82) is 0 Å². The van der Waals surface area contributed by atoms with Crippen LogP contribution in [0.5, 0.6) is 11.5 Å². The summed E-state index contributed by atoms with van der Waals surface area (Å²) in [6, 6.07) is 2.87. The highest BCUT2D eigenvalue weighted by Crippen LogP contribution is 2.34. The van der Waals surface area contributed by atoms with Crippen LogP contribution in [-0.4, -0.2) is 35.2 Å². The Bertz CT molecular complexity index is 536. The molecule has 0 aromatic heterocycles. The molecule has 0 bridgehead atoms. The van der Waals surface area contributed by atoms with E-state index >= 15 is 0 Å². The number of phenolic OH excluding ortho intramolecular Hbond substituents is 1. The van der Waals surface area contributed by atoms with Gasteiger partial charge >= 0.3 is 5.97 Å². The van der Waals surface area contributed by atoms with Gasteiger partial charge in [0, 0.05) is 17.2 Å². The molecular weight excluding hydrogens is 252 g/mol. The number of rotatable bonds is 3. The van der Waals surface area contributed by atoms with Crippen LogP contribution in [0.25, 0.3) is 0 Å². The number of carboxylic acid groups (broad SMARTS) is 1. The molecule has 0 amide bonds. The molecule has 1 aliphatic rings. The number of aliphatic carboxylic acids is 1. The van der Waals surface area contributed by atoms with Gasteiger partial charge in [-0.1, -0.05) is 0 Å². The maximum atomic E-state index is 12.2. The quantitative estimate of drug-likeness (QED) is 0.854. The van der Waals surface area contributed by atoms with Gasteiger partial charge in [-0.2, -0.15) is 0 Å². The summed E-state index contributed by atoms with van der Waals surface area (Å²) in [5.74, 6) is -2.26. The first-order valence-corrected chi connectivity index (χ1v) is 5.74. The molecule has 2 N–H and O–H groups in total. The highest BCUT2D eigenvalue weighted by Gasteiger charge is 2.37. The van der Waals surface area contributed by atoms with E-state index in [1.165, 1.54) is 26.2 Å². The largest absolute Gasteiger partial charge is 0.507 e. The zero-order valence-electron chi connectivity index (χ0n) is 10.5. The summed E-state index contributed by atoms with van der Waals surface area (Å²) < 4.78 is 10.2. The molecule has 6 nitrogen and oxygen atoms in total. The number of benzene rings is 1. The molecule has 1 heterocycles. The van der Waals surface area contributed by atoms with E-state index in [1.54, 1.807) is 0 Å². The van der Waals surface area contributed by atoms with E-state index in [1.807, 2.05) is 0 Å². The summed E-state index contributed by atoms with van der Waals surface area (Å²) in [4.78, 5) is 23.2. The number of ketones is 1. The fraction of sp³-hybridized carbons (Fsp3) is 0.385. The zero-order valence-corrected chi connectivity index (χ0v) is 10.5. The molecule has 2 rings (SSSR count). The molecule has 1 aromatic rings. The topological polar surface area (TPSA) is 93.1 Å². The van der Waals surface area contributed by atoms with Crippen LogP contribution in [-0.2, 0) is 16.1 Å². The second-order valence-corrected chi connectivity index (χ2v) is 4.40. The van der Waals surface area contributed by atoms with Gasteiger partial charge in [0.2, 0.25) is 0 Å². The molecule has 0 aliphatic carbocycles. The smallest absolute Gasteiger partial charge is 0.309 e. The van der Waals surface area contributed by atoms with E-state index in [-0.39, 0.29) is 17.9 Å². The van der Waals surface area contributed by atoms with Gasteiger partial charge < -0.3 is 19.7 Å². The van der Waals surface area contributed by atoms with Crippen molar-refractivity contribution in [3.63, 3.8) is 0 Å². The molecule has 19 heavy (non-hydrogen) atoms. The zero-order chi connectivity index (χ0) is 14.2. The van der Waals surface area contributed by atoms with E-state index in [0.717, 1.165) is 0 Å². The van der Waals surface area contributed by atoms with Crippen LogP contribution < -0.4 is 4.74 Å². The summed E-state index contributed by atoms with van der Waals surface area (Å²) in [6.07, 6.45) is -1.04. The van der Waals surface area contributed by atoms with Crippen LogP contribution in [0.15, 0.2) is 12.1 Å². The number of carbonyl (C=O) groups is 2. The Hall–Kier alpha value is -2.08. The van der Waals surface area contributed by atoms with Gasteiger partial charge in [0.15, 0.2) is 5.78 Å². The highest BCUT2D eigenvalue weighted by molar-refractivity contribution is 6.04. The van der Waals surface area contributed by atoms with E-state index in [2.05, 4.69) is 0 Å². The summed E-state index contributed by atoms with van der Waals surface area (Å²) in [7, 11) is 1.42. The van der Waals surface area contributed by atoms with Gasteiger partial charge in [-0.25, -0.2) is 0 Å². The normalized spacial score (nSPS) is 19.7. The van der Waals surface area contributed by atoms with Crippen molar-refractivity contribution < 1.29 is 29.3 Å². The van der Waals surface area contributed by atoms with Gasteiger partial charge in [-0.15, -0.1) is 0 Å². The number of aromatic hydroxyl groups is 1. The Balaban J connectivity index is 2.43. The number of methoxy groups -OCH3 is 1. The maximum Gasteiger partial charge on any atom is 0.309 e. The van der Waals surface area contributed by atoms with E-state index in [9.17, 15) is 14.7 Å². The van der Waals surface area contributed by atoms with Gasteiger partial charge in [0.05, 0.1) is 19.6 Å². The predicted molar refractivity (Wildman–Crippen MR) is 64.4 cm³/mol. The molecule has 0 radical (unpaired) electrons. The lowest BCUT2D eigenvalue weighted by molar-refractivity contribution is -0.145. The second-order valence-electron chi connectivity index (χ2n) is 4.40. The van der Waals surface area contributed by atoms with E-state index in [4.69, 9.17) is 14.6 Å². The molecular formula is C13H14O6. The average Bonchev–Trinajstić information content (AvgIpc) is 2.38. The van der Waals surface area contributed by atoms with Crippen molar-refractivity contribution in [1.82, 2.24) is 0 Å². The first-order chi connectivity index (χ1) is 8.95. The summed E-state index contributed by atoms with van der Waals surface area (Å²) in [5.41, 5.74) is 0.612. The van der Waals surface area contributed by atoms with Crippen molar-refractivity contribution in [2.75, 3.05) is 7.11 Å². The van der Waals surface area contributed by atoms with E-state index < -0.39 is 23.8 Å². The number of carboxylic acids is 1. The molecule has 2 atom stereocenters. The van der Waals surface area contributed by atoms with Crippen LogP contribution >= 0.6 is 0 Å². The summed E-state index contributed by atoms with van der Waals surface area (Å²) in [5, 5.41) is 18.7. The van der Waals surface area contributed by atoms with Crippen molar-refractivity contribution in [3.8, 4) is 11.5 Å². The van der Waals surface area contributed by atoms with Crippen molar-refractivity contribution in [2.24, 2.45) is 5.92 Å². The molecule has 1 aromatic carbocycles.